The predicted octanol–water partition coefficient (Wildman–Crippen LogP) is 2.76. The summed E-state index contributed by atoms with van der Waals surface area (Å²) in [6.45, 7) is 7.39. The van der Waals surface area contributed by atoms with E-state index < -0.39 is 0 Å². The second-order valence-corrected chi connectivity index (χ2v) is 4.87. The maximum absolute atomic E-state index is 4.44. The van der Waals surface area contributed by atoms with Gasteiger partial charge in [0.2, 0.25) is 0 Å². The summed E-state index contributed by atoms with van der Waals surface area (Å²) in [5.41, 5.74) is 6.32. The molecule has 3 nitrogen and oxygen atoms in total. The van der Waals surface area contributed by atoms with Gasteiger partial charge in [0.25, 0.3) is 0 Å². The number of nitrogens with zero attached hydrogens (tertiary/aromatic N) is 1. The molecule has 0 aliphatic rings. The third-order valence-corrected chi connectivity index (χ3v) is 3.19. The number of likely N-dealkylation sites (N-methyl/N-ethyl adjacent to an activating group) is 1. The van der Waals surface area contributed by atoms with Gasteiger partial charge in [-0.3, -0.25) is 0 Å². The average molecular weight is 243 g/mol. The summed E-state index contributed by atoms with van der Waals surface area (Å²) in [5, 5.41) is 3.14. The van der Waals surface area contributed by atoms with Crippen molar-refractivity contribution in [3.63, 3.8) is 0 Å². The second kappa shape index (κ2) is 5.36. The number of hydrogen-bond donors (Lipinski definition) is 2. The van der Waals surface area contributed by atoms with Gasteiger partial charge in [-0.2, -0.15) is 0 Å². The largest absolute Gasteiger partial charge is 0.342 e. The summed E-state index contributed by atoms with van der Waals surface area (Å²) in [4.78, 5) is 7.85. The van der Waals surface area contributed by atoms with Crippen molar-refractivity contribution in [1.82, 2.24) is 15.3 Å². The molecule has 0 amide bonds. The molecule has 0 bridgehead atoms. The lowest BCUT2D eigenvalue weighted by Crippen LogP contribution is -2.11. The third-order valence-electron chi connectivity index (χ3n) is 3.19. The number of benzene rings is 1. The van der Waals surface area contributed by atoms with E-state index in [2.05, 4.69) is 48.2 Å². The van der Waals surface area contributed by atoms with Gasteiger partial charge in [0.15, 0.2) is 0 Å². The number of rotatable bonds is 4. The van der Waals surface area contributed by atoms with Gasteiger partial charge in [-0.15, -0.1) is 0 Å². The molecule has 2 N–H and O–H groups in total. The maximum Gasteiger partial charge on any atom is 0.107 e. The molecule has 0 unspecified atom stereocenters. The van der Waals surface area contributed by atoms with E-state index in [4.69, 9.17) is 0 Å². The Labute approximate surface area is 109 Å². The van der Waals surface area contributed by atoms with Crippen molar-refractivity contribution < 1.29 is 0 Å². The maximum atomic E-state index is 4.44. The number of imidazole rings is 1. The molecule has 0 aliphatic heterocycles. The normalized spacial score (nSPS) is 10.9. The monoisotopic (exact) mass is 243 g/mol. The molecule has 3 heteroatoms. The van der Waals surface area contributed by atoms with Crippen LogP contribution in [0.3, 0.4) is 0 Å². The Morgan fingerprint density at radius 3 is 2.44 bits per heavy atom. The Morgan fingerprint density at radius 1 is 1.17 bits per heavy atom. The summed E-state index contributed by atoms with van der Waals surface area (Å²) in [7, 11) is 1.96. The van der Waals surface area contributed by atoms with Crippen LogP contribution in [0.25, 0.3) is 11.3 Å². The number of hydrogen-bond acceptors (Lipinski definition) is 2. The molecule has 2 aromatic rings. The van der Waals surface area contributed by atoms with E-state index in [0.29, 0.717) is 0 Å². The Kier molecular flexibility index (Phi) is 3.82. The van der Waals surface area contributed by atoms with Gasteiger partial charge in [0.1, 0.15) is 5.82 Å². The van der Waals surface area contributed by atoms with Gasteiger partial charge in [-0.05, 0) is 38.9 Å². The van der Waals surface area contributed by atoms with Crippen LogP contribution in [0.4, 0.5) is 0 Å². The first kappa shape index (κ1) is 12.8. The number of H-pyrrole nitrogens is 1. The highest BCUT2D eigenvalue weighted by Crippen LogP contribution is 2.26. The summed E-state index contributed by atoms with van der Waals surface area (Å²) in [6.07, 6.45) is 2.87. The van der Waals surface area contributed by atoms with Crippen LogP contribution in [0.15, 0.2) is 18.3 Å². The highest BCUT2D eigenvalue weighted by molar-refractivity contribution is 5.67. The molecule has 0 radical (unpaired) electrons. The Balaban J connectivity index is 2.34. The molecule has 1 aromatic carbocycles. The molecule has 96 valence electrons. The molecule has 0 saturated heterocycles. The first-order valence-electron chi connectivity index (χ1n) is 6.38. The smallest absolute Gasteiger partial charge is 0.107 e. The van der Waals surface area contributed by atoms with Gasteiger partial charge < -0.3 is 10.3 Å². The lowest BCUT2D eigenvalue weighted by atomic mass is 9.98. The van der Waals surface area contributed by atoms with Crippen LogP contribution in [0.2, 0.25) is 0 Å². The molecule has 1 heterocycles. The van der Waals surface area contributed by atoms with Crippen LogP contribution in [0.1, 0.15) is 22.5 Å². The van der Waals surface area contributed by atoms with Crippen molar-refractivity contribution in [2.24, 2.45) is 0 Å². The Bertz CT molecular complexity index is 517. The molecule has 0 spiro atoms. The first-order valence-corrected chi connectivity index (χ1v) is 6.38. The number of aryl methyl sites for hydroxylation is 3. The van der Waals surface area contributed by atoms with Crippen LogP contribution in [-0.4, -0.2) is 23.6 Å². The molecule has 0 aliphatic carbocycles. The lowest BCUT2D eigenvalue weighted by Gasteiger charge is -2.09. The van der Waals surface area contributed by atoms with E-state index in [1.165, 1.54) is 22.3 Å². The molecule has 18 heavy (non-hydrogen) atoms. The highest BCUT2D eigenvalue weighted by atomic mass is 14.9. The summed E-state index contributed by atoms with van der Waals surface area (Å²) in [6, 6.07) is 4.44. The van der Waals surface area contributed by atoms with Crippen LogP contribution in [0, 0.1) is 20.8 Å². The molecule has 1 aromatic heterocycles. The molecule has 0 saturated carbocycles. The highest BCUT2D eigenvalue weighted by Gasteiger charge is 2.09. The van der Waals surface area contributed by atoms with Crippen molar-refractivity contribution >= 4 is 0 Å². The zero-order valence-corrected chi connectivity index (χ0v) is 11.6. The minimum atomic E-state index is 0.931. The summed E-state index contributed by atoms with van der Waals surface area (Å²) >= 11 is 0. The van der Waals surface area contributed by atoms with Gasteiger partial charge in [0, 0.05) is 18.5 Å². The van der Waals surface area contributed by atoms with E-state index in [0.717, 1.165) is 24.5 Å². The van der Waals surface area contributed by atoms with Crippen LogP contribution in [-0.2, 0) is 6.42 Å². The van der Waals surface area contributed by atoms with Gasteiger partial charge in [-0.25, -0.2) is 4.98 Å². The fourth-order valence-corrected chi connectivity index (χ4v) is 2.46. The predicted molar refractivity (Wildman–Crippen MR) is 75.9 cm³/mol. The van der Waals surface area contributed by atoms with E-state index in [-0.39, 0.29) is 0 Å². The minimum absolute atomic E-state index is 0.931. The molecule has 0 fully saturated rings. The van der Waals surface area contributed by atoms with Crippen molar-refractivity contribution in [3.05, 3.63) is 40.8 Å². The van der Waals surface area contributed by atoms with Crippen molar-refractivity contribution in [2.45, 2.75) is 27.2 Å². The van der Waals surface area contributed by atoms with Gasteiger partial charge in [-0.1, -0.05) is 17.7 Å². The average Bonchev–Trinajstić information content (AvgIpc) is 2.73. The van der Waals surface area contributed by atoms with E-state index in [1.807, 2.05) is 13.2 Å². The van der Waals surface area contributed by atoms with Crippen LogP contribution >= 0.6 is 0 Å². The standard InChI is InChI=1S/C15H21N3/c1-10-7-11(2)15(12(3)8-10)13-9-17-14(18-13)5-6-16-4/h7-9,16H,5-6H2,1-4H3,(H,17,18). The second-order valence-electron chi connectivity index (χ2n) is 4.87. The first-order chi connectivity index (χ1) is 8.61. The SMILES string of the molecule is CNCCc1ncc(-c2c(C)cc(C)cc2C)[nH]1. The third kappa shape index (κ3) is 2.62. The zero-order valence-electron chi connectivity index (χ0n) is 11.6. The molecule has 0 atom stereocenters. The number of aromatic nitrogens is 2. The van der Waals surface area contributed by atoms with Crippen molar-refractivity contribution in [1.29, 1.82) is 0 Å². The Morgan fingerprint density at radius 2 is 1.83 bits per heavy atom. The zero-order chi connectivity index (χ0) is 13.1. The van der Waals surface area contributed by atoms with E-state index in [9.17, 15) is 0 Å². The van der Waals surface area contributed by atoms with E-state index in [1.54, 1.807) is 0 Å². The molecule has 2 rings (SSSR count). The lowest BCUT2D eigenvalue weighted by molar-refractivity contribution is 0.764. The Hall–Kier alpha value is -1.61. The molecular weight excluding hydrogens is 222 g/mol. The fourth-order valence-electron chi connectivity index (χ4n) is 2.46. The summed E-state index contributed by atoms with van der Waals surface area (Å²) in [5.74, 6) is 1.04. The number of nitrogens with one attached hydrogen (secondary N) is 2. The van der Waals surface area contributed by atoms with Gasteiger partial charge >= 0.3 is 0 Å². The molecular formula is C15H21N3. The topological polar surface area (TPSA) is 40.7 Å². The fraction of sp³-hybridized carbons (Fsp3) is 0.400. The van der Waals surface area contributed by atoms with Crippen LogP contribution in [0.5, 0.6) is 0 Å². The van der Waals surface area contributed by atoms with E-state index >= 15 is 0 Å². The quantitative estimate of drug-likeness (QED) is 0.867. The van der Waals surface area contributed by atoms with Crippen molar-refractivity contribution in [2.75, 3.05) is 13.6 Å². The van der Waals surface area contributed by atoms with Crippen LogP contribution < -0.4 is 5.32 Å². The summed E-state index contributed by atoms with van der Waals surface area (Å²) < 4.78 is 0. The van der Waals surface area contributed by atoms with Crippen molar-refractivity contribution in [3.8, 4) is 11.3 Å². The minimum Gasteiger partial charge on any atom is -0.342 e. The van der Waals surface area contributed by atoms with Gasteiger partial charge in [0.05, 0.1) is 11.9 Å². The number of aromatic amines is 1.